The first-order valence-electron chi connectivity index (χ1n) is 5.89. The fourth-order valence-corrected chi connectivity index (χ4v) is 3.58. The first-order chi connectivity index (χ1) is 8.95. The maximum atomic E-state index is 12.2. The van der Waals surface area contributed by atoms with Crippen molar-refractivity contribution in [2.75, 3.05) is 19.7 Å². The summed E-state index contributed by atoms with van der Waals surface area (Å²) in [5.41, 5.74) is 0. The van der Waals surface area contributed by atoms with Crippen molar-refractivity contribution in [2.24, 2.45) is 5.92 Å². The van der Waals surface area contributed by atoms with Crippen LogP contribution in [0.1, 0.15) is 23.4 Å². The average molecular weight is 289 g/mol. The number of carboxylic acid groups (broad SMARTS) is 1. The maximum Gasteiger partial charge on any atom is 0.371 e. The molecule has 2 heterocycles. The molecule has 0 radical (unpaired) electrons. The molecule has 2 rings (SSSR count). The van der Waals surface area contributed by atoms with Crippen molar-refractivity contribution in [3.05, 3.63) is 17.9 Å². The van der Waals surface area contributed by atoms with E-state index in [2.05, 4.69) is 0 Å². The topological polar surface area (TPSA) is 108 Å². The molecule has 1 aromatic heterocycles. The summed E-state index contributed by atoms with van der Waals surface area (Å²) in [4.78, 5) is 10.7. The second kappa shape index (κ2) is 5.32. The first-order valence-corrected chi connectivity index (χ1v) is 7.33. The number of hydrogen-bond acceptors (Lipinski definition) is 5. The Balaban J connectivity index is 2.16. The highest BCUT2D eigenvalue weighted by atomic mass is 32.2. The molecule has 106 valence electrons. The van der Waals surface area contributed by atoms with Gasteiger partial charge in [-0.15, -0.1) is 0 Å². The lowest BCUT2D eigenvalue weighted by Gasteiger charge is -2.14. The zero-order valence-electron chi connectivity index (χ0n) is 10.2. The van der Waals surface area contributed by atoms with Crippen LogP contribution in [0.3, 0.4) is 0 Å². The van der Waals surface area contributed by atoms with Gasteiger partial charge in [-0.2, -0.15) is 4.31 Å². The molecule has 1 aliphatic rings. The smallest absolute Gasteiger partial charge is 0.371 e. The molecule has 0 bridgehead atoms. The van der Waals surface area contributed by atoms with E-state index in [1.807, 2.05) is 0 Å². The summed E-state index contributed by atoms with van der Waals surface area (Å²) in [7, 11) is -3.78. The number of sulfonamides is 1. The molecule has 7 nitrogen and oxygen atoms in total. The van der Waals surface area contributed by atoms with Crippen LogP contribution < -0.4 is 0 Å². The Kier molecular flexibility index (Phi) is 3.93. The van der Waals surface area contributed by atoms with E-state index in [0.29, 0.717) is 25.9 Å². The Morgan fingerprint density at radius 1 is 1.47 bits per heavy atom. The Labute approximate surface area is 110 Å². The number of aliphatic hydroxyl groups is 1. The number of aliphatic hydroxyl groups excluding tert-OH is 1. The number of rotatable bonds is 5. The SMILES string of the molecule is O=C(O)c1ccc(S(=O)(=O)N2CCC(CCO)C2)o1. The Morgan fingerprint density at radius 3 is 2.79 bits per heavy atom. The minimum absolute atomic E-state index is 0.0302. The van der Waals surface area contributed by atoms with Gasteiger partial charge >= 0.3 is 5.97 Å². The molecule has 2 N–H and O–H groups in total. The molecule has 1 atom stereocenters. The third-order valence-electron chi connectivity index (χ3n) is 3.17. The van der Waals surface area contributed by atoms with Gasteiger partial charge in [-0.05, 0) is 30.9 Å². The van der Waals surface area contributed by atoms with Crippen LogP contribution in [0.5, 0.6) is 0 Å². The molecule has 0 amide bonds. The third kappa shape index (κ3) is 2.80. The summed E-state index contributed by atoms with van der Waals surface area (Å²) >= 11 is 0. The zero-order chi connectivity index (χ0) is 14.0. The summed E-state index contributed by atoms with van der Waals surface area (Å²) in [5, 5.41) is 17.2. The molecule has 0 spiro atoms. The van der Waals surface area contributed by atoms with Gasteiger partial charge in [0.25, 0.3) is 10.0 Å². The van der Waals surface area contributed by atoms with Crippen LogP contribution in [-0.4, -0.2) is 48.6 Å². The molecule has 1 unspecified atom stereocenters. The van der Waals surface area contributed by atoms with Gasteiger partial charge in [0.05, 0.1) is 0 Å². The molecule has 8 heteroatoms. The van der Waals surface area contributed by atoms with E-state index >= 15 is 0 Å². The summed E-state index contributed by atoms with van der Waals surface area (Å²) in [6.45, 7) is 0.713. The van der Waals surface area contributed by atoms with Crippen LogP contribution in [0.2, 0.25) is 0 Å². The number of carboxylic acids is 1. The molecule has 0 saturated carbocycles. The highest BCUT2D eigenvalue weighted by Gasteiger charge is 2.34. The summed E-state index contributed by atoms with van der Waals surface area (Å²) in [5.74, 6) is -1.57. The van der Waals surface area contributed by atoms with Crippen molar-refractivity contribution < 1.29 is 27.8 Å². The van der Waals surface area contributed by atoms with Gasteiger partial charge in [0.1, 0.15) is 0 Å². The lowest BCUT2D eigenvalue weighted by atomic mass is 10.1. The van der Waals surface area contributed by atoms with Crippen LogP contribution in [0, 0.1) is 5.92 Å². The molecular formula is C11H15NO6S. The minimum Gasteiger partial charge on any atom is -0.475 e. The van der Waals surface area contributed by atoms with Crippen molar-refractivity contribution >= 4 is 16.0 Å². The molecular weight excluding hydrogens is 274 g/mol. The molecule has 0 aliphatic carbocycles. The van der Waals surface area contributed by atoms with Gasteiger partial charge in [-0.3, -0.25) is 0 Å². The van der Waals surface area contributed by atoms with Crippen LogP contribution in [0.15, 0.2) is 21.6 Å². The number of aromatic carboxylic acids is 1. The van der Waals surface area contributed by atoms with E-state index in [1.54, 1.807) is 0 Å². The predicted octanol–water partition coefficient (Wildman–Crippen LogP) is 0.371. The molecule has 1 fully saturated rings. The molecule has 1 saturated heterocycles. The fourth-order valence-electron chi connectivity index (χ4n) is 2.13. The van der Waals surface area contributed by atoms with Crippen LogP contribution in [0.25, 0.3) is 0 Å². The lowest BCUT2D eigenvalue weighted by Crippen LogP contribution is -2.28. The van der Waals surface area contributed by atoms with E-state index in [1.165, 1.54) is 4.31 Å². The van der Waals surface area contributed by atoms with Gasteiger partial charge in [0.15, 0.2) is 0 Å². The number of furan rings is 1. The molecule has 1 aromatic rings. The van der Waals surface area contributed by atoms with Crippen LogP contribution in [0.4, 0.5) is 0 Å². The van der Waals surface area contributed by atoms with Gasteiger partial charge < -0.3 is 14.6 Å². The highest BCUT2D eigenvalue weighted by Crippen LogP contribution is 2.26. The molecule has 0 aromatic carbocycles. The monoisotopic (exact) mass is 289 g/mol. The second-order valence-corrected chi connectivity index (χ2v) is 6.32. The van der Waals surface area contributed by atoms with E-state index in [4.69, 9.17) is 14.6 Å². The van der Waals surface area contributed by atoms with E-state index < -0.39 is 21.8 Å². The average Bonchev–Trinajstić information content (AvgIpc) is 2.98. The quantitative estimate of drug-likeness (QED) is 0.810. The molecule has 1 aliphatic heterocycles. The Hall–Kier alpha value is -1.38. The number of hydrogen-bond donors (Lipinski definition) is 2. The van der Waals surface area contributed by atoms with E-state index in [9.17, 15) is 13.2 Å². The standard InChI is InChI=1S/C11H15NO6S/c13-6-4-8-3-5-12(7-8)19(16,17)10-2-1-9(18-10)11(14)15/h1-2,8,13H,3-7H2,(H,14,15). The van der Waals surface area contributed by atoms with Crippen molar-refractivity contribution in [2.45, 2.75) is 17.9 Å². The third-order valence-corrected chi connectivity index (χ3v) is 4.91. The number of nitrogens with zero attached hydrogens (tertiary/aromatic N) is 1. The maximum absolute atomic E-state index is 12.2. The Bertz CT molecular complexity index is 563. The number of carbonyl (C=O) groups is 1. The predicted molar refractivity (Wildman–Crippen MR) is 64.2 cm³/mol. The molecule has 19 heavy (non-hydrogen) atoms. The lowest BCUT2D eigenvalue weighted by molar-refractivity contribution is 0.0656. The van der Waals surface area contributed by atoms with Crippen molar-refractivity contribution in [1.29, 1.82) is 0 Å². The van der Waals surface area contributed by atoms with Crippen LogP contribution in [-0.2, 0) is 10.0 Å². The normalized spacial score (nSPS) is 20.8. The van der Waals surface area contributed by atoms with Crippen LogP contribution >= 0.6 is 0 Å². The van der Waals surface area contributed by atoms with E-state index in [0.717, 1.165) is 12.1 Å². The summed E-state index contributed by atoms with van der Waals surface area (Å²) < 4.78 is 30.5. The second-order valence-electron chi connectivity index (χ2n) is 4.45. The van der Waals surface area contributed by atoms with Gasteiger partial charge in [-0.1, -0.05) is 0 Å². The summed E-state index contributed by atoms with van der Waals surface area (Å²) in [6, 6.07) is 2.27. The Morgan fingerprint density at radius 2 is 2.21 bits per heavy atom. The fraction of sp³-hybridized carbons (Fsp3) is 0.545. The van der Waals surface area contributed by atoms with Crippen molar-refractivity contribution in [3.8, 4) is 0 Å². The van der Waals surface area contributed by atoms with E-state index in [-0.39, 0.29) is 17.6 Å². The largest absolute Gasteiger partial charge is 0.475 e. The van der Waals surface area contributed by atoms with Crippen molar-refractivity contribution in [1.82, 2.24) is 4.31 Å². The first kappa shape index (κ1) is 14.0. The van der Waals surface area contributed by atoms with Gasteiger partial charge in [-0.25, -0.2) is 13.2 Å². The highest BCUT2D eigenvalue weighted by molar-refractivity contribution is 7.89. The zero-order valence-corrected chi connectivity index (χ0v) is 11.0. The van der Waals surface area contributed by atoms with Crippen molar-refractivity contribution in [3.63, 3.8) is 0 Å². The summed E-state index contributed by atoms with van der Waals surface area (Å²) in [6.07, 6.45) is 1.25. The minimum atomic E-state index is -3.78. The van der Waals surface area contributed by atoms with Gasteiger partial charge in [0, 0.05) is 19.7 Å². The van der Waals surface area contributed by atoms with Gasteiger partial charge in [0.2, 0.25) is 10.9 Å².